The molecule has 0 spiro atoms. The molecule has 0 radical (unpaired) electrons. The summed E-state index contributed by atoms with van der Waals surface area (Å²) in [6.45, 7) is 8.09. The smallest absolute Gasteiger partial charge is 0.292 e. The molecule has 2 aromatic carbocycles. The van der Waals surface area contributed by atoms with Gasteiger partial charge in [0, 0.05) is 49.5 Å². The van der Waals surface area contributed by atoms with E-state index in [0.717, 1.165) is 39.1 Å². The van der Waals surface area contributed by atoms with Crippen molar-refractivity contribution in [2.45, 2.75) is 13.3 Å². The van der Waals surface area contributed by atoms with E-state index in [0.29, 0.717) is 24.1 Å². The quantitative estimate of drug-likeness (QED) is 0.474. The summed E-state index contributed by atoms with van der Waals surface area (Å²) in [5.74, 6) is -0.477. The van der Waals surface area contributed by atoms with Gasteiger partial charge in [0.25, 0.3) is 6.47 Å². The van der Waals surface area contributed by atoms with Crippen LogP contribution in [0.5, 0.6) is 0 Å². The molecule has 1 aliphatic heterocycles. The molecule has 34 heavy (non-hydrogen) atoms. The monoisotopic (exact) mass is 464 g/mol. The Morgan fingerprint density at radius 3 is 2.15 bits per heavy atom. The van der Waals surface area contributed by atoms with Crippen molar-refractivity contribution in [3.05, 3.63) is 76.6 Å². The van der Waals surface area contributed by atoms with E-state index in [4.69, 9.17) is 10.5 Å². The maximum atomic E-state index is 12.7. The number of Topliss-reactive ketones (excluding diaryl/α,β-unsaturated/α-hetero) is 2. The maximum absolute atomic E-state index is 12.7. The number of nitrogens with one attached hydrogen (secondary N) is 1. The number of hydrogen-bond acceptors (Lipinski definition) is 8. The van der Waals surface area contributed by atoms with Crippen molar-refractivity contribution in [1.29, 1.82) is 0 Å². The summed E-state index contributed by atoms with van der Waals surface area (Å²) in [4.78, 5) is 38.9. The fourth-order valence-corrected chi connectivity index (χ4v) is 4.07. The van der Waals surface area contributed by atoms with Crippen molar-refractivity contribution in [2.75, 3.05) is 51.3 Å². The highest BCUT2D eigenvalue weighted by atomic mass is 16.5. The number of ketones is 2. The highest BCUT2D eigenvalue weighted by Gasteiger charge is 2.30. The van der Waals surface area contributed by atoms with Crippen LogP contribution in [0.1, 0.15) is 32.7 Å². The summed E-state index contributed by atoms with van der Waals surface area (Å²) in [5, 5.41) is 3.12. The Morgan fingerprint density at radius 1 is 0.971 bits per heavy atom. The van der Waals surface area contributed by atoms with Crippen LogP contribution in [0.2, 0.25) is 0 Å². The molecule has 1 heterocycles. The van der Waals surface area contributed by atoms with Gasteiger partial charge in [0.2, 0.25) is 11.6 Å². The van der Waals surface area contributed by atoms with Crippen LogP contribution in [0.25, 0.3) is 0 Å². The number of anilines is 1. The molecule has 0 aromatic heterocycles. The van der Waals surface area contributed by atoms with E-state index in [-0.39, 0.29) is 23.0 Å². The third-order valence-electron chi connectivity index (χ3n) is 5.98. The van der Waals surface area contributed by atoms with E-state index in [2.05, 4.69) is 51.0 Å². The zero-order valence-electron chi connectivity index (χ0n) is 19.8. The van der Waals surface area contributed by atoms with Crippen LogP contribution < -0.4 is 16.0 Å². The highest BCUT2D eigenvalue weighted by Crippen LogP contribution is 2.22. The van der Waals surface area contributed by atoms with Gasteiger partial charge in [-0.15, -0.1) is 0 Å². The van der Waals surface area contributed by atoms with Gasteiger partial charge in [0.05, 0.1) is 7.11 Å². The molecule has 3 N–H and O–H groups in total. The largest absolute Gasteiger partial charge is 0.471 e. The van der Waals surface area contributed by atoms with Gasteiger partial charge in [-0.3, -0.25) is 19.3 Å². The normalized spacial score (nSPS) is 15.9. The molecule has 1 aliphatic carbocycles. The lowest BCUT2D eigenvalue weighted by atomic mass is 9.90. The molecule has 0 atom stereocenters. The zero-order valence-corrected chi connectivity index (χ0v) is 19.8. The van der Waals surface area contributed by atoms with Crippen LogP contribution in [-0.4, -0.2) is 69.3 Å². The van der Waals surface area contributed by atoms with E-state index in [1.807, 2.05) is 0 Å². The summed E-state index contributed by atoms with van der Waals surface area (Å²) in [6.07, 6.45) is 0.879. The van der Waals surface area contributed by atoms with Gasteiger partial charge in [-0.25, -0.2) is 0 Å². The fraction of sp³-hybridized carbons (Fsp3) is 0.346. The third kappa shape index (κ3) is 6.02. The molecule has 0 unspecified atom stereocenters. The number of ether oxygens (including phenoxy) is 1. The number of fused-ring (bicyclic) bond motifs is 1. The Bertz CT molecular complexity index is 1040. The van der Waals surface area contributed by atoms with E-state index in [1.165, 1.54) is 18.4 Å². The van der Waals surface area contributed by atoms with E-state index in [1.54, 1.807) is 24.3 Å². The molecule has 1 fully saturated rings. The molecule has 4 rings (SSSR count). The molecule has 0 amide bonds. The van der Waals surface area contributed by atoms with Crippen molar-refractivity contribution >= 4 is 23.7 Å². The van der Waals surface area contributed by atoms with E-state index < -0.39 is 0 Å². The summed E-state index contributed by atoms with van der Waals surface area (Å²) in [6, 6.07) is 15.5. The number of hydrogen-bond donors (Lipinski definition) is 2. The van der Waals surface area contributed by atoms with Gasteiger partial charge >= 0.3 is 0 Å². The third-order valence-corrected chi connectivity index (χ3v) is 5.98. The molecule has 1 saturated heterocycles. The number of nitrogens with two attached hydrogens (primary N) is 1. The van der Waals surface area contributed by atoms with Gasteiger partial charge in [-0.2, -0.15) is 0 Å². The van der Waals surface area contributed by atoms with Gasteiger partial charge in [-0.1, -0.05) is 42.0 Å². The molecule has 0 saturated carbocycles. The Morgan fingerprint density at radius 2 is 1.56 bits per heavy atom. The molecule has 8 heteroatoms. The Hall–Kier alpha value is -3.65. The summed E-state index contributed by atoms with van der Waals surface area (Å²) >= 11 is 0. The minimum Gasteiger partial charge on any atom is -0.471 e. The topological polar surface area (TPSA) is 105 Å². The number of piperazine rings is 1. The van der Waals surface area contributed by atoms with Crippen LogP contribution in [-0.2, 0) is 9.53 Å². The molecule has 2 aliphatic rings. The molecule has 8 nitrogen and oxygen atoms in total. The lowest BCUT2D eigenvalue weighted by molar-refractivity contribution is -0.126. The lowest BCUT2D eigenvalue weighted by Crippen LogP contribution is -2.47. The first-order valence-electron chi connectivity index (χ1n) is 11.4. The van der Waals surface area contributed by atoms with Crippen molar-refractivity contribution < 1.29 is 19.1 Å². The van der Waals surface area contributed by atoms with Gasteiger partial charge < -0.3 is 20.7 Å². The maximum Gasteiger partial charge on any atom is 0.292 e. The van der Waals surface area contributed by atoms with Crippen molar-refractivity contribution in [3.8, 4) is 0 Å². The summed E-state index contributed by atoms with van der Waals surface area (Å²) in [5.41, 5.74) is 9.59. The lowest BCUT2D eigenvalue weighted by Gasteiger charge is -2.36. The van der Waals surface area contributed by atoms with Gasteiger partial charge in [0.1, 0.15) is 11.4 Å². The van der Waals surface area contributed by atoms with E-state index in [9.17, 15) is 9.59 Å². The minimum atomic E-state index is -0.278. The summed E-state index contributed by atoms with van der Waals surface area (Å²) < 4.78 is 3.86. The SMILES string of the molecule is COC=O.Cc1ccc(N2CCN(CCCNC3=C(N)C(=O)c4ccccc4C3=O)CC2)cc1. The predicted octanol–water partition coefficient (Wildman–Crippen LogP) is 2.14. The number of carbonyl (C=O) groups excluding carboxylic acids is 3. The number of aryl methyl sites for hydroxylation is 1. The van der Waals surface area contributed by atoms with Crippen LogP contribution in [0.3, 0.4) is 0 Å². The van der Waals surface area contributed by atoms with Gasteiger partial charge in [-0.05, 0) is 32.0 Å². The van der Waals surface area contributed by atoms with Crippen LogP contribution in [0.15, 0.2) is 59.9 Å². The first kappa shape index (κ1) is 25.0. The predicted molar refractivity (Wildman–Crippen MR) is 132 cm³/mol. The van der Waals surface area contributed by atoms with Crippen LogP contribution >= 0.6 is 0 Å². The second-order valence-corrected chi connectivity index (χ2v) is 8.27. The number of nitrogens with zero attached hydrogens (tertiary/aromatic N) is 2. The second-order valence-electron chi connectivity index (χ2n) is 8.27. The minimum absolute atomic E-state index is 0.0189. The Kier molecular flexibility index (Phi) is 8.81. The van der Waals surface area contributed by atoms with Crippen molar-refractivity contribution in [3.63, 3.8) is 0 Å². The van der Waals surface area contributed by atoms with Crippen molar-refractivity contribution in [2.24, 2.45) is 5.73 Å². The Balaban J connectivity index is 0.000000751. The fourth-order valence-electron chi connectivity index (χ4n) is 4.07. The van der Waals surface area contributed by atoms with Gasteiger partial charge in [0.15, 0.2) is 0 Å². The van der Waals surface area contributed by atoms with Crippen LogP contribution in [0, 0.1) is 6.92 Å². The molecule has 2 aromatic rings. The van der Waals surface area contributed by atoms with E-state index >= 15 is 0 Å². The van der Waals surface area contributed by atoms with Crippen LogP contribution in [0.4, 0.5) is 5.69 Å². The number of benzene rings is 2. The standard InChI is InChI=1S/C24H28N4O2.C2H4O2/c1-17-7-9-18(10-8-17)28-15-13-27(14-16-28)12-4-11-26-22-21(25)23(29)19-5-2-3-6-20(19)24(22)30;1-4-2-3/h2-3,5-10,26H,4,11-16,25H2,1H3;2H,1H3. The molecular formula is C26H32N4O4. The number of methoxy groups -OCH3 is 1. The number of rotatable bonds is 7. The Labute approximate surface area is 200 Å². The summed E-state index contributed by atoms with van der Waals surface area (Å²) in [7, 11) is 1.31. The zero-order chi connectivity index (χ0) is 24.5. The first-order chi connectivity index (χ1) is 16.5. The first-order valence-corrected chi connectivity index (χ1v) is 11.4. The average molecular weight is 465 g/mol. The highest BCUT2D eigenvalue weighted by molar-refractivity contribution is 6.26. The molecular weight excluding hydrogens is 432 g/mol. The van der Waals surface area contributed by atoms with Crippen molar-refractivity contribution in [1.82, 2.24) is 10.2 Å². The molecule has 0 bridgehead atoms. The number of carbonyl (C=O) groups is 3. The number of allylic oxidation sites excluding steroid dienone is 2. The average Bonchev–Trinajstić information content (AvgIpc) is 2.88. The molecule has 180 valence electrons. The second kappa shape index (κ2) is 12.0.